The molecule has 0 amide bonds. The highest BCUT2D eigenvalue weighted by Gasteiger charge is 2.55. The van der Waals surface area contributed by atoms with Gasteiger partial charge in [-0.1, -0.05) is 0 Å². The Hall–Kier alpha value is -1.42. The van der Waals surface area contributed by atoms with Gasteiger partial charge in [-0.2, -0.15) is 0 Å². The number of aromatic nitrogens is 1. The summed E-state index contributed by atoms with van der Waals surface area (Å²) in [6.07, 6.45) is 10.8. The number of nitrogens with zero attached hydrogens (tertiary/aromatic N) is 1. The first-order valence-corrected chi connectivity index (χ1v) is 10.7. The lowest BCUT2D eigenvalue weighted by molar-refractivity contribution is -0.0350. The van der Waals surface area contributed by atoms with Gasteiger partial charge in [0.1, 0.15) is 4.83 Å². The molecule has 4 fully saturated rings. The molecule has 2 aromatic rings. The standard InChI is InChI=1S/C21H24N2OS/c22-17-15-7-14-2-1-3-16(14)23-20(15)25-18(17)19(24)21-8-11-4-12(9-21)6-13(5-11)10-21/h7,11-13H,1-6,8-10,22H2. The maximum Gasteiger partial charge on any atom is 0.181 e. The molecule has 0 radical (unpaired) electrons. The third-order valence-electron chi connectivity index (χ3n) is 7.48. The average Bonchev–Trinajstić information content (AvgIpc) is 3.15. The molecule has 4 saturated carbocycles. The SMILES string of the molecule is Nc1c(C(=O)C23CC4CC(CC(C4)C2)C3)sc2nc3c(cc12)CCC3. The van der Waals surface area contributed by atoms with E-state index in [2.05, 4.69) is 6.07 Å². The number of carbonyl (C=O) groups excluding carboxylic acids is 1. The number of rotatable bonds is 2. The number of anilines is 1. The van der Waals surface area contributed by atoms with Crippen LogP contribution < -0.4 is 5.73 Å². The zero-order chi connectivity index (χ0) is 16.8. The van der Waals surface area contributed by atoms with Crippen molar-refractivity contribution in [3.8, 4) is 0 Å². The van der Waals surface area contributed by atoms with Crippen molar-refractivity contribution < 1.29 is 4.79 Å². The first kappa shape index (κ1) is 14.7. The topological polar surface area (TPSA) is 56.0 Å². The quantitative estimate of drug-likeness (QED) is 0.792. The molecule has 0 aromatic carbocycles. The molecule has 2 N–H and O–H groups in total. The average molecular weight is 353 g/mol. The molecule has 4 heteroatoms. The number of pyridine rings is 1. The molecule has 3 nitrogen and oxygen atoms in total. The molecule has 5 aliphatic carbocycles. The second-order valence-corrected chi connectivity index (χ2v) is 10.2. The lowest BCUT2D eigenvalue weighted by atomic mass is 9.48. The van der Waals surface area contributed by atoms with E-state index in [1.807, 2.05) is 0 Å². The van der Waals surface area contributed by atoms with Crippen LogP contribution in [0.4, 0.5) is 5.69 Å². The molecule has 0 spiro atoms. The van der Waals surface area contributed by atoms with E-state index in [0.29, 0.717) is 11.5 Å². The summed E-state index contributed by atoms with van der Waals surface area (Å²) in [6.45, 7) is 0. The summed E-state index contributed by atoms with van der Waals surface area (Å²) in [5, 5.41) is 1.03. The largest absolute Gasteiger partial charge is 0.397 e. The van der Waals surface area contributed by atoms with Crippen molar-refractivity contribution in [1.82, 2.24) is 4.98 Å². The van der Waals surface area contributed by atoms with Crippen LogP contribution in [-0.4, -0.2) is 10.8 Å². The fraction of sp³-hybridized carbons (Fsp3) is 0.619. The Bertz CT molecular complexity index is 877. The lowest BCUT2D eigenvalue weighted by Crippen LogP contribution is -2.49. The molecule has 0 atom stereocenters. The summed E-state index contributed by atoms with van der Waals surface area (Å²) in [5.41, 5.74) is 9.67. The van der Waals surface area contributed by atoms with Gasteiger partial charge in [0.2, 0.25) is 0 Å². The highest BCUT2D eigenvalue weighted by atomic mass is 32.1. The number of nitrogens with two attached hydrogens (primary N) is 1. The predicted octanol–water partition coefficient (Wildman–Crippen LogP) is 4.77. The minimum absolute atomic E-state index is 0.105. The van der Waals surface area contributed by atoms with Crippen molar-refractivity contribution in [2.75, 3.05) is 5.73 Å². The number of nitrogen functional groups attached to an aromatic ring is 1. The fourth-order valence-corrected chi connectivity index (χ4v) is 7.95. The van der Waals surface area contributed by atoms with Crippen LogP contribution in [-0.2, 0) is 12.8 Å². The van der Waals surface area contributed by atoms with E-state index in [0.717, 1.165) is 65.0 Å². The number of hydrogen-bond acceptors (Lipinski definition) is 4. The molecule has 130 valence electrons. The Balaban J connectivity index is 1.45. The predicted molar refractivity (Wildman–Crippen MR) is 101 cm³/mol. The number of carbonyl (C=O) groups is 1. The monoisotopic (exact) mass is 352 g/mol. The number of thiophene rings is 1. The van der Waals surface area contributed by atoms with Crippen LogP contribution in [0.2, 0.25) is 0 Å². The Morgan fingerprint density at radius 2 is 1.80 bits per heavy atom. The van der Waals surface area contributed by atoms with Gasteiger partial charge in [0.25, 0.3) is 0 Å². The van der Waals surface area contributed by atoms with Crippen LogP contribution in [0.1, 0.15) is 65.9 Å². The third kappa shape index (κ3) is 1.98. The molecule has 4 bridgehead atoms. The van der Waals surface area contributed by atoms with E-state index in [9.17, 15) is 4.79 Å². The van der Waals surface area contributed by atoms with Gasteiger partial charge < -0.3 is 5.73 Å². The lowest BCUT2D eigenvalue weighted by Gasteiger charge is -2.55. The van der Waals surface area contributed by atoms with Crippen molar-refractivity contribution in [3.63, 3.8) is 0 Å². The van der Waals surface area contributed by atoms with Crippen molar-refractivity contribution in [3.05, 3.63) is 22.2 Å². The zero-order valence-electron chi connectivity index (χ0n) is 14.5. The summed E-state index contributed by atoms with van der Waals surface area (Å²) in [6, 6.07) is 2.22. The van der Waals surface area contributed by atoms with Gasteiger partial charge in [0.05, 0.1) is 10.6 Å². The Labute approximate surface area is 152 Å². The minimum Gasteiger partial charge on any atom is -0.397 e. The van der Waals surface area contributed by atoms with E-state index >= 15 is 0 Å². The Kier molecular flexibility index (Phi) is 2.85. The summed E-state index contributed by atoms with van der Waals surface area (Å²) >= 11 is 1.56. The first-order chi connectivity index (χ1) is 12.1. The summed E-state index contributed by atoms with van der Waals surface area (Å²) in [7, 11) is 0. The second kappa shape index (κ2) is 4.85. The van der Waals surface area contributed by atoms with Gasteiger partial charge >= 0.3 is 0 Å². The highest BCUT2D eigenvalue weighted by molar-refractivity contribution is 7.21. The van der Waals surface area contributed by atoms with Crippen molar-refractivity contribution in [2.24, 2.45) is 23.2 Å². The summed E-state index contributed by atoms with van der Waals surface area (Å²) < 4.78 is 0. The normalized spacial score (nSPS) is 35.4. The minimum atomic E-state index is -0.105. The number of Topliss-reactive ketones (excluding diaryl/α,β-unsaturated/α-hetero) is 1. The van der Waals surface area contributed by atoms with Crippen LogP contribution >= 0.6 is 11.3 Å². The maximum absolute atomic E-state index is 13.6. The van der Waals surface area contributed by atoms with Gasteiger partial charge in [-0.25, -0.2) is 4.98 Å². The molecule has 0 saturated heterocycles. The molecular formula is C21H24N2OS. The number of ketones is 1. The molecule has 2 heterocycles. The Morgan fingerprint density at radius 3 is 2.48 bits per heavy atom. The van der Waals surface area contributed by atoms with E-state index < -0.39 is 0 Å². The maximum atomic E-state index is 13.6. The van der Waals surface area contributed by atoms with Crippen LogP contribution in [0.3, 0.4) is 0 Å². The molecule has 25 heavy (non-hydrogen) atoms. The van der Waals surface area contributed by atoms with E-state index in [1.165, 1.54) is 36.9 Å². The molecule has 5 aliphatic rings. The molecule has 2 aromatic heterocycles. The smallest absolute Gasteiger partial charge is 0.181 e. The molecular weight excluding hydrogens is 328 g/mol. The van der Waals surface area contributed by atoms with Crippen LogP contribution in [0.25, 0.3) is 10.2 Å². The molecule has 7 rings (SSSR count). The third-order valence-corrected chi connectivity index (χ3v) is 8.59. The number of aryl methyl sites for hydroxylation is 2. The van der Waals surface area contributed by atoms with Crippen LogP contribution in [0.15, 0.2) is 6.07 Å². The first-order valence-electron chi connectivity index (χ1n) is 9.87. The second-order valence-electron chi connectivity index (χ2n) is 9.17. The van der Waals surface area contributed by atoms with Gasteiger partial charge in [0.15, 0.2) is 5.78 Å². The number of hydrogen-bond donors (Lipinski definition) is 1. The van der Waals surface area contributed by atoms with Gasteiger partial charge in [-0.05, 0) is 87.2 Å². The van der Waals surface area contributed by atoms with Gasteiger partial charge in [-0.15, -0.1) is 11.3 Å². The number of fused-ring (bicyclic) bond motifs is 2. The van der Waals surface area contributed by atoms with E-state index in [4.69, 9.17) is 10.7 Å². The highest BCUT2D eigenvalue weighted by Crippen LogP contribution is 2.61. The van der Waals surface area contributed by atoms with Gasteiger partial charge in [0, 0.05) is 16.5 Å². The van der Waals surface area contributed by atoms with Crippen molar-refractivity contribution in [1.29, 1.82) is 0 Å². The molecule has 0 aliphatic heterocycles. The van der Waals surface area contributed by atoms with Crippen molar-refractivity contribution >= 4 is 33.0 Å². The zero-order valence-corrected chi connectivity index (χ0v) is 15.3. The van der Waals surface area contributed by atoms with Gasteiger partial charge in [-0.3, -0.25) is 4.79 Å². The Morgan fingerprint density at radius 1 is 1.12 bits per heavy atom. The van der Waals surface area contributed by atoms with Crippen molar-refractivity contribution in [2.45, 2.75) is 57.8 Å². The summed E-state index contributed by atoms with van der Waals surface area (Å²) in [5.74, 6) is 2.71. The van der Waals surface area contributed by atoms with Crippen LogP contribution in [0, 0.1) is 23.2 Å². The van der Waals surface area contributed by atoms with E-state index in [1.54, 1.807) is 11.3 Å². The fourth-order valence-electron chi connectivity index (χ4n) is 6.80. The van der Waals surface area contributed by atoms with E-state index in [-0.39, 0.29) is 5.41 Å². The summed E-state index contributed by atoms with van der Waals surface area (Å²) in [4.78, 5) is 20.3. The molecule has 0 unspecified atom stereocenters. The van der Waals surface area contributed by atoms with Crippen LogP contribution in [0.5, 0.6) is 0 Å².